The molecule has 1 fully saturated rings. The van der Waals surface area contributed by atoms with Crippen molar-refractivity contribution in [2.45, 2.75) is 26.2 Å². The van der Waals surface area contributed by atoms with Gasteiger partial charge >= 0.3 is 5.97 Å². The number of aromatic carboxylic acids is 1. The van der Waals surface area contributed by atoms with Gasteiger partial charge in [-0.1, -0.05) is 6.42 Å². The Morgan fingerprint density at radius 3 is 2.53 bits per heavy atom. The van der Waals surface area contributed by atoms with Crippen molar-refractivity contribution in [2.75, 3.05) is 13.1 Å². The van der Waals surface area contributed by atoms with Crippen LogP contribution in [0.3, 0.4) is 0 Å². The minimum absolute atomic E-state index is 0.120. The first-order valence-corrected chi connectivity index (χ1v) is 6.35. The maximum absolute atomic E-state index is 12.0. The molecule has 1 amide bonds. The first-order chi connectivity index (χ1) is 9.08. The van der Waals surface area contributed by atoms with Crippen LogP contribution in [-0.4, -0.2) is 40.1 Å². The largest absolute Gasteiger partial charge is 0.478 e. The van der Waals surface area contributed by atoms with Crippen LogP contribution in [0, 0.1) is 6.92 Å². The fraction of sp³-hybridized carbons (Fsp3) is 0.462. The average Bonchev–Trinajstić information content (AvgIpc) is 2.39. The number of rotatable bonds is 3. The third-order valence-corrected chi connectivity index (χ3v) is 3.16. The average molecular weight is 263 g/mol. The minimum atomic E-state index is -1.03. The second-order valence-corrected chi connectivity index (χ2v) is 4.62. The van der Waals surface area contributed by atoms with E-state index in [1.807, 2.05) is 5.01 Å². The van der Waals surface area contributed by atoms with E-state index in [0.29, 0.717) is 5.69 Å². The zero-order valence-electron chi connectivity index (χ0n) is 10.8. The topological polar surface area (TPSA) is 82.5 Å². The molecule has 0 bridgehead atoms. The van der Waals surface area contributed by atoms with Crippen molar-refractivity contribution in [1.29, 1.82) is 0 Å². The Balaban J connectivity index is 2.06. The molecule has 2 rings (SSSR count). The van der Waals surface area contributed by atoms with Crippen molar-refractivity contribution in [3.05, 3.63) is 29.1 Å². The molecule has 0 aromatic carbocycles. The normalized spacial score (nSPS) is 16.1. The molecule has 6 nitrogen and oxygen atoms in total. The number of nitrogens with zero attached hydrogens (tertiary/aromatic N) is 2. The SMILES string of the molecule is Cc1nc(C(=O)NN2CCCCC2)ccc1C(=O)O. The summed E-state index contributed by atoms with van der Waals surface area (Å²) < 4.78 is 0. The molecule has 1 aromatic rings. The standard InChI is InChI=1S/C13H17N3O3/c1-9-10(13(18)19)5-6-11(14-9)12(17)15-16-7-3-2-4-8-16/h5-6H,2-4,7-8H2,1H3,(H,15,17)(H,18,19). The van der Waals surface area contributed by atoms with E-state index in [2.05, 4.69) is 10.4 Å². The Morgan fingerprint density at radius 2 is 1.95 bits per heavy atom. The summed E-state index contributed by atoms with van der Waals surface area (Å²) >= 11 is 0. The van der Waals surface area contributed by atoms with Crippen LogP contribution in [0.4, 0.5) is 0 Å². The third-order valence-electron chi connectivity index (χ3n) is 3.16. The molecule has 0 aliphatic carbocycles. The summed E-state index contributed by atoms with van der Waals surface area (Å²) in [4.78, 5) is 26.9. The highest BCUT2D eigenvalue weighted by Crippen LogP contribution is 2.09. The van der Waals surface area contributed by atoms with Crippen LogP contribution in [0.5, 0.6) is 0 Å². The molecule has 2 N–H and O–H groups in total. The number of aromatic nitrogens is 1. The quantitative estimate of drug-likeness (QED) is 0.856. The summed E-state index contributed by atoms with van der Waals surface area (Å²) in [7, 11) is 0. The van der Waals surface area contributed by atoms with Crippen LogP contribution in [0.1, 0.15) is 45.8 Å². The van der Waals surface area contributed by atoms with Gasteiger partial charge in [0.25, 0.3) is 5.91 Å². The summed E-state index contributed by atoms with van der Waals surface area (Å²) in [6.45, 7) is 3.27. The Morgan fingerprint density at radius 1 is 1.26 bits per heavy atom. The van der Waals surface area contributed by atoms with E-state index in [4.69, 9.17) is 5.11 Å². The predicted molar refractivity (Wildman–Crippen MR) is 68.8 cm³/mol. The number of carboxylic acids is 1. The van der Waals surface area contributed by atoms with E-state index in [-0.39, 0.29) is 17.2 Å². The molecule has 102 valence electrons. The zero-order valence-corrected chi connectivity index (χ0v) is 10.8. The van der Waals surface area contributed by atoms with Crippen LogP contribution in [0.2, 0.25) is 0 Å². The molecule has 1 aliphatic heterocycles. The minimum Gasteiger partial charge on any atom is -0.478 e. The Bertz CT molecular complexity index is 496. The number of carbonyl (C=O) groups excluding carboxylic acids is 1. The number of amides is 1. The van der Waals surface area contributed by atoms with Crippen LogP contribution in [0.25, 0.3) is 0 Å². The van der Waals surface area contributed by atoms with Crippen LogP contribution >= 0.6 is 0 Å². The van der Waals surface area contributed by atoms with Gasteiger partial charge < -0.3 is 5.11 Å². The number of piperidine rings is 1. The van der Waals surface area contributed by atoms with Gasteiger partial charge in [-0.2, -0.15) is 0 Å². The van der Waals surface area contributed by atoms with Crippen LogP contribution in [0.15, 0.2) is 12.1 Å². The summed E-state index contributed by atoms with van der Waals surface area (Å²) in [5, 5.41) is 10.8. The van der Waals surface area contributed by atoms with Crippen molar-refractivity contribution in [2.24, 2.45) is 0 Å². The number of nitrogens with one attached hydrogen (secondary N) is 1. The predicted octanol–water partition coefficient (Wildman–Crippen LogP) is 1.22. The molecular weight excluding hydrogens is 246 g/mol. The summed E-state index contributed by atoms with van der Waals surface area (Å²) in [6.07, 6.45) is 3.34. The van der Waals surface area contributed by atoms with Gasteiger partial charge in [-0.15, -0.1) is 0 Å². The summed E-state index contributed by atoms with van der Waals surface area (Å²) in [5.74, 6) is -1.32. The molecule has 1 saturated heterocycles. The lowest BCUT2D eigenvalue weighted by molar-refractivity contribution is 0.0691. The van der Waals surface area contributed by atoms with Crippen molar-refractivity contribution in [1.82, 2.24) is 15.4 Å². The van der Waals surface area contributed by atoms with Gasteiger partial charge in [0, 0.05) is 13.1 Å². The van der Waals surface area contributed by atoms with Gasteiger partial charge in [-0.05, 0) is 31.9 Å². The van der Waals surface area contributed by atoms with Gasteiger partial charge in [-0.3, -0.25) is 10.2 Å². The second-order valence-electron chi connectivity index (χ2n) is 4.62. The molecule has 2 heterocycles. The van der Waals surface area contributed by atoms with Gasteiger partial charge in [0.2, 0.25) is 0 Å². The number of hydrogen-bond donors (Lipinski definition) is 2. The van der Waals surface area contributed by atoms with E-state index in [1.165, 1.54) is 18.6 Å². The molecule has 6 heteroatoms. The third kappa shape index (κ3) is 3.29. The lowest BCUT2D eigenvalue weighted by atomic mass is 10.1. The highest BCUT2D eigenvalue weighted by atomic mass is 16.4. The first kappa shape index (κ1) is 13.5. The maximum atomic E-state index is 12.0. The fourth-order valence-electron chi connectivity index (χ4n) is 2.12. The number of hydrazine groups is 1. The molecule has 1 aliphatic rings. The molecule has 0 spiro atoms. The molecular formula is C13H17N3O3. The van der Waals surface area contributed by atoms with Gasteiger partial charge in [0.15, 0.2) is 0 Å². The first-order valence-electron chi connectivity index (χ1n) is 6.35. The molecule has 0 unspecified atom stereocenters. The van der Waals surface area contributed by atoms with E-state index in [1.54, 1.807) is 6.92 Å². The Kier molecular flexibility index (Phi) is 4.11. The van der Waals surface area contributed by atoms with Crippen molar-refractivity contribution in [3.8, 4) is 0 Å². The summed E-state index contributed by atoms with van der Waals surface area (Å²) in [5.41, 5.74) is 3.51. The van der Waals surface area contributed by atoms with E-state index >= 15 is 0 Å². The van der Waals surface area contributed by atoms with Crippen molar-refractivity contribution < 1.29 is 14.7 Å². The fourth-order valence-corrected chi connectivity index (χ4v) is 2.12. The number of hydrogen-bond acceptors (Lipinski definition) is 4. The van der Waals surface area contributed by atoms with Crippen molar-refractivity contribution in [3.63, 3.8) is 0 Å². The van der Waals surface area contributed by atoms with E-state index < -0.39 is 5.97 Å². The Labute approximate surface area is 111 Å². The zero-order chi connectivity index (χ0) is 13.8. The van der Waals surface area contributed by atoms with Crippen LogP contribution < -0.4 is 5.43 Å². The number of carbonyl (C=O) groups is 2. The number of carboxylic acid groups (broad SMARTS) is 1. The lowest BCUT2D eigenvalue weighted by Gasteiger charge is -2.26. The molecule has 19 heavy (non-hydrogen) atoms. The highest BCUT2D eigenvalue weighted by molar-refractivity contribution is 5.94. The molecule has 0 saturated carbocycles. The van der Waals surface area contributed by atoms with Crippen LogP contribution in [-0.2, 0) is 0 Å². The maximum Gasteiger partial charge on any atom is 0.337 e. The van der Waals surface area contributed by atoms with Gasteiger partial charge in [0.1, 0.15) is 5.69 Å². The van der Waals surface area contributed by atoms with Gasteiger partial charge in [-0.25, -0.2) is 14.8 Å². The lowest BCUT2D eigenvalue weighted by Crippen LogP contribution is -2.45. The number of aryl methyl sites for hydroxylation is 1. The smallest absolute Gasteiger partial charge is 0.337 e. The second kappa shape index (κ2) is 5.79. The Hall–Kier alpha value is -1.95. The van der Waals surface area contributed by atoms with E-state index in [9.17, 15) is 9.59 Å². The monoisotopic (exact) mass is 263 g/mol. The van der Waals surface area contributed by atoms with Gasteiger partial charge in [0.05, 0.1) is 11.3 Å². The van der Waals surface area contributed by atoms with Crippen molar-refractivity contribution >= 4 is 11.9 Å². The highest BCUT2D eigenvalue weighted by Gasteiger charge is 2.16. The molecule has 1 aromatic heterocycles. The molecule has 0 radical (unpaired) electrons. The van der Waals surface area contributed by atoms with E-state index in [0.717, 1.165) is 25.9 Å². The number of pyridine rings is 1. The summed E-state index contributed by atoms with van der Waals surface area (Å²) in [6, 6.07) is 2.85. The molecule has 0 atom stereocenters.